The summed E-state index contributed by atoms with van der Waals surface area (Å²) in [4.78, 5) is 21.5. The number of morpholine rings is 1. The number of amides is 1. The summed E-state index contributed by atoms with van der Waals surface area (Å²) in [5, 5.41) is 4.11. The van der Waals surface area contributed by atoms with Crippen LogP contribution in [0.1, 0.15) is 18.7 Å². The van der Waals surface area contributed by atoms with Gasteiger partial charge in [-0.3, -0.25) is 9.69 Å². The second kappa shape index (κ2) is 9.44. The number of carbonyl (C=O) groups excluding carboxylic acids is 1. The molecule has 0 bridgehead atoms. The zero-order chi connectivity index (χ0) is 20.9. The fourth-order valence-electron chi connectivity index (χ4n) is 4.05. The molecule has 3 heterocycles. The van der Waals surface area contributed by atoms with Crippen LogP contribution in [0.4, 0.5) is 0 Å². The first kappa shape index (κ1) is 20.6. The lowest BCUT2D eigenvalue weighted by Crippen LogP contribution is -2.48. The number of piperidine rings is 1. The van der Waals surface area contributed by atoms with E-state index in [4.69, 9.17) is 18.7 Å². The van der Waals surface area contributed by atoms with Gasteiger partial charge in [0.2, 0.25) is 17.6 Å². The second-order valence-electron chi connectivity index (χ2n) is 7.59. The summed E-state index contributed by atoms with van der Waals surface area (Å²) < 4.78 is 21.5. The van der Waals surface area contributed by atoms with Gasteiger partial charge >= 0.3 is 0 Å². The molecule has 2 fully saturated rings. The summed E-state index contributed by atoms with van der Waals surface area (Å²) in [5.74, 6) is 2.56. The van der Waals surface area contributed by atoms with Crippen LogP contribution in [0, 0.1) is 5.92 Å². The predicted octanol–water partition coefficient (Wildman–Crippen LogP) is 1.82. The predicted molar refractivity (Wildman–Crippen MR) is 108 cm³/mol. The molecule has 0 N–H and O–H groups in total. The standard InChI is InChI=1S/C21H28N4O5/c1-27-17-6-5-15(12-18(17)28-2)20-22-19(30-23-20)14-24-7-3-4-16(13-24)21(26)25-8-10-29-11-9-25/h5-6,12,16H,3-4,7-11,13-14H2,1-2H3. The first-order chi connectivity index (χ1) is 14.7. The van der Waals surface area contributed by atoms with Crippen molar-refractivity contribution in [2.24, 2.45) is 5.92 Å². The minimum absolute atomic E-state index is 0.0186. The first-order valence-electron chi connectivity index (χ1n) is 10.3. The van der Waals surface area contributed by atoms with Crippen LogP contribution >= 0.6 is 0 Å². The highest BCUT2D eigenvalue weighted by Crippen LogP contribution is 2.31. The van der Waals surface area contributed by atoms with Crippen LogP contribution in [-0.2, 0) is 16.1 Å². The Kier molecular flexibility index (Phi) is 6.49. The van der Waals surface area contributed by atoms with Gasteiger partial charge in [-0.25, -0.2) is 0 Å². The van der Waals surface area contributed by atoms with Crippen LogP contribution in [0.3, 0.4) is 0 Å². The topological polar surface area (TPSA) is 90.2 Å². The van der Waals surface area contributed by atoms with Crippen molar-refractivity contribution in [2.45, 2.75) is 19.4 Å². The van der Waals surface area contributed by atoms with E-state index in [0.29, 0.717) is 62.6 Å². The van der Waals surface area contributed by atoms with E-state index in [9.17, 15) is 4.79 Å². The van der Waals surface area contributed by atoms with Crippen LogP contribution in [-0.4, -0.2) is 79.5 Å². The molecule has 30 heavy (non-hydrogen) atoms. The largest absolute Gasteiger partial charge is 0.493 e. The quantitative estimate of drug-likeness (QED) is 0.705. The first-order valence-corrected chi connectivity index (χ1v) is 10.3. The van der Waals surface area contributed by atoms with Gasteiger partial charge in [0, 0.05) is 25.2 Å². The molecule has 1 amide bonds. The van der Waals surface area contributed by atoms with Gasteiger partial charge in [-0.15, -0.1) is 0 Å². The van der Waals surface area contributed by atoms with Crippen molar-refractivity contribution in [2.75, 3.05) is 53.6 Å². The molecule has 0 spiro atoms. The summed E-state index contributed by atoms with van der Waals surface area (Å²) in [6, 6.07) is 5.51. The van der Waals surface area contributed by atoms with E-state index in [1.54, 1.807) is 14.2 Å². The molecule has 1 atom stereocenters. The molecule has 2 aliphatic heterocycles. The smallest absolute Gasteiger partial charge is 0.241 e. The molecule has 4 rings (SSSR count). The molecule has 2 aromatic rings. The lowest BCUT2D eigenvalue weighted by molar-refractivity contribution is -0.141. The average Bonchev–Trinajstić information content (AvgIpc) is 3.27. The number of rotatable bonds is 6. The lowest BCUT2D eigenvalue weighted by atomic mass is 9.96. The van der Waals surface area contributed by atoms with Gasteiger partial charge in [0.1, 0.15) is 0 Å². The van der Waals surface area contributed by atoms with E-state index >= 15 is 0 Å². The maximum absolute atomic E-state index is 12.8. The van der Waals surface area contributed by atoms with E-state index in [1.807, 2.05) is 23.1 Å². The number of hydrogen-bond acceptors (Lipinski definition) is 8. The Bertz CT molecular complexity index is 865. The van der Waals surface area contributed by atoms with E-state index in [2.05, 4.69) is 15.0 Å². The molecule has 0 aliphatic carbocycles. The van der Waals surface area contributed by atoms with Crippen molar-refractivity contribution in [3.8, 4) is 22.9 Å². The number of likely N-dealkylation sites (tertiary alicyclic amines) is 1. The molecule has 162 valence electrons. The summed E-state index contributed by atoms with van der Waals surface area (Å²) in [7, 11) is 3.19. The Morgan fingerprint density at radius 2 is 1.97 bits per heavy atom. The molecule has 0 saturated carbocycles. The highest BCUT2D eigenvalue weighted by Gasteiger charge is 2.30. The molecular formula is C21H28N4O5. The minimum atomic E-state index is 0.0186. The number of carbonyl (C=O) groups is 1. The van der Waals surface area contributed by atoms with Gasteiger partial charge in [0.15, 0.2) is 11.5 Å². The van der Waals surface area contributed by atoms with E-state index < -0.39 is 0 Å². The van der Waals surface area contributed by atoms with E-state index in [0.717, 1.165) is 24.9 Å². The van der Waals surface area contributed by atoms with Crippen molar-refractivity contribution in [3.05, 3.63) is 24.1 Å². The van der Waals surface area contributed by atoms with Crippen LogP contribution in [0.2, 0.25) is 0 Å². The number of methoxy groups -OCH3 is 2. The number of ether oxygens (including phenoxy) is 3. The minimum Gasteiger partial charge on any atom is -0.493 e. The van der Waals surface area contributed by atoms with Crippen molar-refractivity contribution in [1.82, 2.24) is 19.9 Å². The van der Waals surface area contributed by atoms with Crippen LogP contribution in [0.5, 0.6) is 11.5 Å². The molecule has 0 radical (unpaired) electrons. The SMILES string of the molecule is COc1ccc(-c2noc(CN3CCCC(C(=O)N4CCOCC4)C3)n2)cc1OC. The molecule has 1 aromatic carbocycles. The lowest BCUT2D eigenvalue weighted by Gasteiger charge is -2.35. The van der Waals surface area contributed by atoms with Crippen LogP contribution in [0.25, 0.3) is 11.4 Å². The van der Waals surface area contributed by atoms with Crippen molar-refractivity contribution in [1.29, 1.82) is 0 Å². The van der Waals surface area contributed by atoms with Crippen LogP contribution < -0.4 is 9.47 Å². The van der Waals surface area contributed by atoms with Crippen molar-refractivity contribution < 1.29 is 23.5 Å². The average molecular weight is 416 g/mol. The third-order valence-corrected chi connectivity index (χ3v) is 5.65. The molecule has 1 unspecified atom stereocenters. The Labute approximate surface area is 175 Å². The zero-order valence-corrected chi connectivity index (χ0v) is 17.5. The summed E-state index contributed by atoms with van der Waals surface area (Å²) in [6.07, 6.45) is 1.91. The Morgan fingerprint density at radius 1 is 1.17 bits per heavy atom. The fourth-order valence-corrected chi connectivity index (χ4v) is 4.05. The molecule has 2 aliphatic rings. The van der Waals surface area contributed by atoms with Gasteiger partial charge in [0.05, 0.1) is 39.9 Å². The maximum Gasteiger partial charge on any atom is 0.241 e. The molecule has 1 aromatic heterocycles. The van der Waals surface area contributed by atoms with Gasteiger partial charge in [-0.05, 0) is 37.6 Å². The van der Waals surface area contributed by atoms with Gasteiger partial charge < -0.3 is 23.6 Å². The summed E-state index contributed by atoms with van der Waals surface area (Å²) >= 11 is 0. The molecule has 2 saturated heterocycles. The second-order valence-corrected chi connectivity index (χ2v) is 7.59. The third kappa shape index (κ3) is 4.57. The Hall–Kier alpha value is -2.65. The summed E-state index contributed by atoms with van der Waals surface area (Å²) in [5.41, 5.74) is 0.793. The van der Waals surface area contributed by atoms with Crippen LogP contribution in [0.15, 0.2) is 22.7 Å². The van der Waals surface area contributed by atoms with Crippen molar-refractivity contribution >= 4 is 5.91 Å². The number of hydrogen-bond donors (Lipinski definition) is 0. The van der Waals surface area contributed by atoms with Gasteiger partial charge in [0.25, 0.3) is 0 Å². The zero-order valence-electron chi connectivity index (χ0n) is 17.5. The summed E-state index contributed by atoms with van der Waals surface area (Å²) in [6.45, 7) is 4.80. The van der Waals surface area contributed by atoms with Crippen molar-refractivity contribution in [3.63, 3.8) is 0 Å². The normalized spacial score (nSPS) is 20.2. The molecule has 9 heteroatoms. The third-order valence-electron chi connectivity index (χ3n) is 5.65. The molecule has 9 nitrogen and oxygen atoms in total. The Morgan fingerprint density at radius 3 is 2.73 bits per heavy atom. The van der Waals surface area contributed by atoms with E-state index in [-0.39, 0.29) is 11.8 Å². The number of benzene rings is 1. The maximum atomic E-state index is 12.8. The Balaban J connectivity index is 1.39. The van der Waals surface area contributed by atoms with E-state index in [1.165, 1.54) is 0 Å². The fraction of sp³-hybridized carbons (Fsp3) is 0.571. The number of nitrogens with zero attached hydrogens (tertiary/aromatic N) is 4. The van der Waals surface area contributed by atoms with Gasteiger partial charge in [-0.1, -0.05) is 5.16 Å². The van der Waals surface area contributed by atoms with Gasteiger partial charge in [-0.2, -0.15) is 4.98 Å². The highest BCUT2D eigenvalue weighted by molar-refractivity contribution is 5.79. The number of aromatic nitrogens is 2. The monoisotopic (exact) mass is 416 g/mol. The molecular weight excluding hydrogens is 388 g/mol. The highest BCUT2D eigenvalue weighted by atomic mass is 16.5.